The Kier molecular flexibility index (Phi) is 5.41. The van der Waals surface area contributed by atoms with Gasteiger partial charge >= 0.3 is 6.03 Å². The molecule has 4 rings (SSSR count). The van der Waals surface area contributed by atoms with Gasteiger partial charge in [-0.05, 0) is 49.2 Å². The van der Waals surface area contributed by atoms with E-state index in [0.717, 1.165) is 12.8 Å². The third-order valence-electron chi connectivity index (χ3n) is 4.92. The van der Waals surface area contributed by atoms with Gasteiger partial charge < -0.3 is 19.5 Å². The zero-order chi connectivity index (χ0) is 20.2. The van der Waals surface area contributed by atoms with E-state index in [1.54, 1.807) is 30.2 Å². The summed E-state index contributed by atoms with van der Waals surface area (Å²) in [6.45, 7) is 1.14. The van der Waals surface area contributed by atoms with Crippen LogP contribution in [0.3, 0.4) is 0 Å². The third-order valence-corrected chi connectivity index (χ3v) is 4.92. The third kappa shape index (κ3) is 4.37. The first-order chi connectivity index (χ1) is 14.1. The highest BCUT2D eigenvalue weighted by molar-refractivity contribution is 5.89. The number of hydrogen-bond donors (Lipinski definition) is 1. The molecule has 8 heteroatoms. The number of methoxy groups -OCH3 is 1. The summed E-state index contributed by atoms with van der Waals surface area (Å²) in [6, 6.07) is 13.0. The van der Waals surface area contributed by atoms with Crippen molar-refractivity contribution in [3.8, 4) is 17.1 Å². The van der Waals surface area contributed by atoms with Gasteiger partial charge in [0.2, 0.25) is 11.7 Å². The molecule has 1 saturated heterocycles. The van der Waals surface area contributed by atoms with Crippen LogP contribution in [0.2, 0.25) is 0 Å². The summed E-state index contributed by atoms with van der Waals surface area (Å²) < 4.78 is 23.7. The smallest absolute Gasteiger partial charge is 0.321 e. The van der Waals surface area contributed by atoms with Crippen LogP contribution >= 0.6 is 0 Å². The first-order valence-electron chi connectivity index (χ1n) is 9.42. The minimum Gasteiger partial charge on any atom is -0.497 e. The zero-order valence-corrected chi connectivity index (χ0v) is 16.0. The summed E-state index contributed by atoms with van der Waals surface area (Å²) in [6.07, 6.45) is 1.69. The number of rotatable bonds is 4. The maximum atomic E-state index is 13.1. The molecule has 0 radical (unpaired) electrons. The van der Waals surface area contributed by atoms with Crippen LogP contribution in [0, 0.1) is 5.82 Å². The van der Waals surface area contributed by atoms with Crippen molar-refractivity contribution < 1.29 is 18.4 Å². The fraction of sp³-hybridized carbons (Fsp3) is 0.286. The maximum Gasteiger partial charge on any atom is 0.321 e. The van der Waals surface area contributed by atoms with Gasteiger partial charge in [-0.1, -0.05) is 11.2 Å². The van der Waals surface area contributed by atoms with Crippen LogP contribution in [-0.4, -0.2) is 41.3 Å². The van der Waals surface area contributed by atoms with Crippen molar-refractivity contribution in [2.45, 2.75) is 18.8 Å². The fourth-order valence-corrected chi connectivity index (χ4v) is 3.38. The summed E-state index contributed by atoms with van der Waals surface area (Å²) in [4.78, 5) is 18.9. The number of carbonyl (C=O) groups excluding carboxylic acids is 1. The molecule has 0 bridgehead atoms. The zero-order valence-electron chi connectivity index (χ0n) is 16.0. The van der Waals surface area contributed by atoms with Crippen molar-refractivity contribution in [1.29, 1.82) is 0 Å². The van der Waals surface area contributed by atoms with Gasteiger partial charge in [0.25, 0.3) is 0 Å². The molecule has 1 unspecified atom stereocenters. The normalized spacial score (nSPS) is 16.5. The van der Waals surface area contributed by atoms with E-state index in [1.165, 1.54) is 12.1 Å². The number of aromatic nitrogens is 2. The standard InChI is InChI=1S/C21H21FN4O3/c1-28-18-6-2-5-17(12-18)23-21(27)26-11-3-4-15(13-26)20-24-19(25-29-20)14-7-9-16(22)10-8-14/h2,5-10,12,15H,3-4,11,13H2,1H3,(H,23,27). The number of carbonyl (C=O) groups is 1. The summed E-state index contributed by atoms with van der Waals surface area (Å²) in [5.74, 6) is 1.23. The molecule has 1 fully saturated rings. The predicted octanol–water partition coefficient (Wildman–Crippen LogP) is 4.30. The van der Waals surface area contributed by atoms with Crippen molar-refractivity contribution in [2.24, 2.45) is 0 Å². The van der Waals surface area contributed by atoms with E-state index in [9.17, 15) is 9.18 Å². The molecule has 2 heterocycles. The Bertz CT molecular complexity index is 990. The Labute approximate surface area is 167 Å². The highest BCUT2D eigenvalue weighted by Crippen LogP contribution is 2.28. The molecule has 1 aromatic heterocycles. The Hall–Kier alpha value is -3.42. The van der Waals surface area contributed by atoms with Crippen molar-refractivity contribution >= 4 is 11.7 Å². The molecule has 29 heavy (non-hydrogen) atoms. The monoisotopic (exact) mass is 396 g/mol. The summed E-state index contributed by atoms with van der Waals surface area (Å²) in [5, 5.41) is 6.91. The molecule has 1 atom stereocenters. The minimum absolute atomic E-state index is 0.0403. The lowest BCUT2D eigenvalue weighted by Crippen LogP contribution is -2.41. The lowest BCUT2D eigenvalue weighted by atomic mass is 9.98. The molecule has 7 nitrogen and oxygen atoms in total. The van der Waals surface area contributed by atoms with E-state index in [2.05, 4.69) is 15.5 Å². The Morgan fingerprint density at radius 1 is 1.28 bits per heavy atom. The van der Waals surface area contributed by atoms with Gasteiger partial charge in [-0.15, -0.1) is 0 Å². The number of halogens is 1. The Balaban J connectivity index is 1.43. The van der Waals surface area contributed by atoms with E-state index in [1.807, 2.05) is 18.2 Å². The molecule has 0 saturated carbocycles. The number of hydrogen-bond acceptors (Lipinski definition) is 5. The molecule has 3 aromatic rings. The van der Waals surface area contributed by atoms with Crippen LogP contribution in [0.1, 0.15) is 24.7 Å². The van der Waals surface area contributed by atoms with E-state index >= 15 is 0 Å². The molecule has 0 aliphatic carbocycles. The second-order valence-electron chi connectivity index (χ2n) is 6.91. The number of likely N-dealkylation sites (tertiary alicyclic amines) is 1. The second kappa shape index (κ2) is 8.30. The van der Waals surface area contributed by atoms with E-state index in [-0.39, 0.29) is 17.8 Å². The van der Waals surface area contributed by atoms with Gasteiger partial charge in [-0.25, -0.2) is 9.18 Å². The van der Waals surface area contributed by atoms with Crippen LogP contribution < -0.4 is 10.1 Å². The number of ether oxygens (including phenoxy) is 1. The SMILES string of the molecule is COc1cccc(NC(=O)N2CCCC(c3nc(-c4ccc(F)cc4)no3)C2)c1. The fourth-order valence-electron chi connectivity index (χ4n) is 3.38. The van der Waals surface area contributed by atoms with Crippen LogP contribution in [-0.2, 0) is 0 Å². The van der Waals surface area contributed by atoms with Gasteiger partial charge in [-0.3, -0.25) is 0 Å². The number of anilines is 1. The number of benzene rings is 2. The molecule has 2 aromatic carbocycles. The summed E-state index contributed by atoms with van der Waals surface area (Å²) in [7, 11) is 1.58. The van der Waals surface area contributed by atoms with Crippen LogP contribution in [0.25, 0.3) is 11.4 Å². The average Bonchev–Trinajstić information content (AvgIpc) is 3.25. The summed E-state index contributed by atoms with van der Waals surface area (Å²) >= 11 is 0. The summed E-state index contributed by atoms with van der Waals surface area (Å²) in [5.41, 5.74) is 1.36. The Morgan fingerprint density at radius 2 is 2.10 bits per heavy atom. The first kappa shape index (κ1) is 18.9. The van der Waals surface area contributed by atoms with Gasteiger partial charge in [0.1, 0.15) is 11.6 Å². The number of urea groups is 1. The van der Waals surface area contributed by atoms with Gasteiger partial charge in [-0.2, -0.15) is 4.98 Å². The van der Waals surface area contributed by atoms with E-state index in [0.29, 0.717) is 41.8 Å². The van der Waals surface area contributed by atoms with Gasteiger partial charge in [0.15, 0.2) is 0 Å². The quantitative estimate of drug-likeness (QED) is 0.711. The van der Waals surface area contributed by atoms with Crippen molar-refractivity contribution in [1.82, 2.24) is 15.0 Å². The van der Waals surface area contributed by atoms with Gasteiger partial charge in [0, 0.05) is 30.4 Å². The Morgan fingerprint density at radius 3 is 2.90 bits per heavy atom. The molecule has 1 N–H and O–H groups in total. The molecular weight excluding hydrogens is 375 g/mol. The highest BCUT2D eigenvalue weighted by Gasteiger charge is 2.29. The molecule has 0 spiro atoms. The molecule has 150 valence electrons. The molecule has 1 aliphatic rings. The van der Waals surface area contributed by atoms with Crippen molar-refractivity contribution in [2.75, 3.05) is 25.5 Å². The van der Waals surface area contributed by atoms with Gasteiger partial charge in [0.05, 0.1) is 13.0 Å². The van der Waals surface area contributed by atoms with E-state index in [4.69, 9.17) is 9.26 Å². The highest BCUT2D eigenvalue weighted by atomic mass is 19.1. The van der Waals surface area contributed by atoms with Crippen LogP contribution in [0.4, 0.5) is 14.9 Å². The van der Waals surface area contributed by atoms with E-state index < -0.39 is 0 Å². The topological polar surface area (TPSA) is 80.5 Å². The average molecular weight is 396 g/mol. The number of nitrogens with one attached hydrogen (secondary N) is 1. The minimum atomic E-state index is -0.317. The van der Waals surface area contributed by atoms with Crippen LogP contribution in [0.15, 0.2) is 53.1 Å². The lowest BCUT2D eigenvalue weighted by Gasteiger charge is -2.31. The second-order valence-corrected chi connectivity index (χ2v) is 6.91. The predicted molar refractivity (Wildman–Crippen MR) is 105 cm³/mol. The lowest BCUT2D eigenvalue weighted by molar-refractivity contribution is 0.184. The molecule has 2 amide bonds. The number of nitrogens with zero attached hydrogens (tertiary/aromatic N) is 3. The van der Waals surface area contributed by atoms with Crippen molar-refractivity contribution in [3.05, 3.63) is 60.2 Å². The molecule has 1 aliphatic heterocycles. The van der Waals surface area contributed by atoms with Crippen LogP contribution in [0.5, 0.6) is 5.75 Å². The number of amides is 2. The first-order valence-corrected chi connectivity index (χ1v) is 9.42. The largest absolute Gasteiger partial charge is 0.497 e. The van der Waals surface area contributed by atoms with Crippen molar-refractivity contribution in [3.63, 3.8) is 0 Å². The maximum absolute atomic E-state index is 13.1. The molecular formula is C21H21FN4O3. The number of piperidine rings is 1.